The van der Waals surface area contributed by atoms with Crippen LogP contribution in [0.15, 0.2) is 59.4 Å². The molecule has 3 aliphatic carbocycles. The van der Waals surface area contributed by atoms with Crippen LogP contribution in [0.5, 0.6) is 0 Å². The predicted molar refractivity (Wildman–Crippen MR) is 169 cm³/mol. The van der Waals surface area contributed by atoms with E-state index >= 15 is 0 Å². The molecule has 0 spiro atoms. The maximum atomic E-state index is 13.5. The maximum Gasteiger partial charge on any atom is 0.312 e. The Morgan fingerprint density at radius 3 is 2.47 bits per heavy atom. The summed E-state index contributed by atoms with van der Waals surface area (Å²) in [7, 11) is 0. The Morgan fingerprint density at radius 2 is 1.81 bits per heavy atom. The van der Waals surface area contributed by atoms with E-state index in [9.17, 15) is 14.4 Å². The third kappa shape index (κ3) is 8.12. The molecule has 1 heterocycles. The van der Waals surface area contributed by atoms with Gasteiger partial charge >= 0.3 is 5.97 Å². The molecule has 3 aliphatic rings. The van der Waals surface area contributed by atoms with Crippen LogP contribution < -0.4 is 10.9 Å². The summed E-state index contributed by atoms with van der Waals surface area (Å²) in [5.41, 5.74) is 3.11. The minimum Gasteiger partial charge on any atom is -0.460 e. The van der Waals surface area contributed by atoms with Gasteiger partial charge in [-0.2, -0.15) is 5.10 Å². The van der Waals surface area contributed by atoms with E-state index in [-0.39, 0.29) is 28.8 Å². The molecular formula is C36H47N3O4. The van der Waals surface area contributed by atoms with E-state index in [0.717, 1.165) is 93.0 Å². The number of unbranched alkanes of at least 4 members (excludes halogenated alkanes) is 1. The summed E-state index contributed by atoms with van der Waals surface area (Å²) in [5.74, 6) is 0.185. The molecule has 0 saturated heterocycles. The Bertz CT molecular complexity index is 1400. The van der Waals surface area contributed by atoms with Crippen LogP contribution in [0.3, 0.4) is 0 Å². The molecule has 0 radical (unpaired) electrons. The van der Waals surface area contributed by atoms with Crippen molar-refractivity contribution in [1.29, 1.82) is 0 Å². The molecule has 5 rings (SSSR count). The van der Waals surface area contributed by atoms with Gasteiger partial charge in [0.25, 0.3) is 5.56 Å². The normalized spacial score (nSPS) is 18.6. The van der Waals surface area contributed by atoms with Crippen molar-refractivity contribution < 1.29 is 14.3 Å². The van der Waals surface area contributed by atoms with Gasteiger partial charge in [0, 0.05) is 12.6 Å². The number of esters is 1. The molecule has 0 aliphatic heterocycles. The zero-order valence-corrected chi connectivity index (χ0v) is 26.1. The molecule has 7 heteroatoms. The van der Waals surface area contributed by atoms with Crippen LogP contribution in [0.4, 0.5) is 0 Å². The molecule has 2 aromatic rings. The molecule has 1 aromatic carbocycles. The van der Waals surface area contributed by atoms with E-state index in [1.165, 1.54) is 4.68 Å². The summed E-state index contributed by atoms with van der Waals surface area (Å²) in [5, 5.41) is 7.86. The highest BCUT2D eigenvalue weighted by molar-refractivity contribution is 5.84. The summed E-state index contributed by atoms with van der Waals surface area (Å²) in [6.07, 6.45) is 17.0. The molecule has 1 atom stereocenters. The lowest BCUT2D eigenvalue weighted by Gasteiger charge is -2.24. The first kappa shape index (κ1) is 31.0. The quantitative estimate of drug-likeness (QED) is 0.221. The van der Waals surface area contributed by atoms with E-state index in [0.29, 0.717) is 19.0 Å². The molecule has 7 nitrogen and oxygen atoms in total. The highest BCUT2D eigenvalue weighted by Gasteiger charge is 2.51. The average Bonchev–Trinajstić information content (AvgIpc) is 3.59. The number of nitrogens with one attached hydrogen (secondary N) is 1. The SMILES string of the molecule is CC(C)(C)OC(=O)C1(CCCCNC(=O)C(c2ccc(Cn3nc(C4=CC=CCC4)ccc3=O)cc2)C2CCCC2)CC1. The number of hydrogen-bond donors (Lipinski definition) is 1. The number of allylic oxidation sites excluding steroid dienone is 4. The number of carbonyl (C=O) groups is 2. The first-order valence-electron chi connectivity index (χ1n) is 16.2. The van der Waals surface area contributed by atoms with E-state index in [4.69, 9.17) is 4.74 Å². The van der Waals surface area contributed by atoms with Crippen molar-refractivity contribution in [2.24, 2.45) is 11.3 Å². The van der Waals surface area contributed by atoms with Gasteiger partial charge in [-0.1, -0.05) is 61.8 Å². The number of hydrogen-bond acceptors (Lipinski definition) is 5. The van der Waals surface area contributed by atoms with Crippen molar-refractivity contribution in [3.05, 3.63) is 81.8 Å². The second-order valence-electron chi connectivity index (χ2n) is 13.7. The molecule has 0 bridgehead atoms. The van der Waals surface area contributed by atoms with Crippen LogP contribution in [0.25, 0.3) is 5.57 Å². The monoisotopic (exact) mass is 585 g/mol. The fourth-order valence-corrected chi connectivity index (χ4v) is 6.48. The highest BCUT2D eigenvalue weighted by Crippen LogP contribution is 2.51. The highest BCUT2D eigenvalue weighted by atomic mass is 16.6. The van der Waals surface area contributed by atoms with Crippen molar-refractivity contribution >= 4 is 17.4 Å². The minimum absolute atomic E-state index is 0.0684. The number of benzene rings is 1. The Kier molecular flexibility index (Phi) is 9.68. The van der Waals surface area contributed by atoms with Gasteiger partial charge < -0.3 is 10.1 Å². The Balaban J connectivity index is 1.18. The average molecular weight is 586 g/mol. The minimum atomic E-state index is -0.460. The third-order valence-electron chi connectivity index (χ3n) is 9.10. The van der Waals surface area contributed by atoms with Crippen molar-refractivity contribution in [3.63, 3.8) is 0 Å². The fourth-order valence-electron chi connectivity index (χ4n) is 6.48. The van der Waals surface area contributed by atoms with Crippen molar-refractivity contribution in [2.75, 3.05) is 6.54 Å². The molecule has 2 saturated carbocycles. The summed E-state index contributed by atoms with van der Waals surface area (Å²) in [4.78, 5) is 38.7. The molecule has 1 unspecified atom stereocenters. The zero-order valence-electron chi connectivity index (χ0n) is 26.1. The second kappa shape index (κ2) is 13.4. The van der Waals surface area contributed by atoms with Gasteiger partial charge in [-0.25, -0.2) is 4.68 Å². The lowest BCUT2D eigenvalue weighted by molar-refractivity contribution is -0.162. The van der Waals surface area contributed by atoms with Crippen LogP contribution in [-0.2, 0) is 20.9 Å². The van der Waals surface area contributed by atoms with Crippen LogP contribution in [-0.4, -0.2) is 33.8 Å². The lowest BCUT2D eigenvalue weighted by Crippen LogP contribution is -2.33. The third-order valence-corrected chi connectivity index (χ3v) is 9.10. The molecule has 1 N–H and O–H groups in total. The maximum absolute atomic E-state index is 13.5. The van der Waals surface area contributed by atoms with E-state index in [1.54, 1.807) is 6.07 Å². The van der Waals surface area contributed by atoms with Crippen LogP contribution in [0, 0.1) is 11.3 Å². The van der Waals surface area contributed by atoms with Crippen molar-refractivity contribution in [3.8, 4) is 0 Å². The smallest absolute Gasteiger partial charge is 0.312 e. The van der Waals surface area contributed by atoms with Crippen molar-refractivity contribution in [1.82, 2.24) is 15.1 Å². The zero-order chi connectivity index (χ0) is 30.5. The molecule has 1 aromatic heterocycles. The van der Waals surface area contributed by atoms with E-state index < -0.39 is 5.60 Å². The Labute approximate surface area is 255 Å². The number of ether oxygens (including phenoxy) is 1. The summed E-state index contributed by atoms with van der Waals surface area (Å²) < 4.78 is 7.17. The van der Waals surface area contributed by atoms with E-state index in [2.05, 4.69) is 34.7 Å². The van der Waals surface area contributed by atoms with Gasteiger partial charge in [0.05, 0.1) is 23.6 Å². The van der Waals surface area contributed by atoms with Crippen LogP contribution in [0.2, 0.25) is 0 Å². The first-order chi connectivity index (χ1) is 20.6. The second-order valence-corrected chi connectivity index (χ2v) is 13.7. The molecule has 1 amide bonds. The summed E-state index contributed by atoms with van der Waals surface area (Å²) in [6.45, 7) is 6.74. The number of rotatable bonds is 12. The molecular weight excluding hydrogens is 538 g/mol. The topological polar surface area (TPSA) is 90.3 Å². The number of amides is 1. The van der Waals surface area contributed by atoms with Gasteiger partial charge in [-0.05, 0) is 101 Å². The van der Waals surface area contributed by atoms with Gasteiger partial charge in [0.2, 0.25) is 5.91 Å². The van der Waals surface area contributed by atoms with Crippen LogP contribution >= 0.6 is 0 Å². The van der Waals surface area contributed by atoms with Crippen LogP contribution in [0.1, 0.15) is 114 Å². The molecule has 230 valence electrons. The predicted octanol–water partition coefficient (Wildman–Crippen LogP) is 6.71. The largest absolute Gasteiger partial charge is 0.460 e. The lowest BCUT2D eigenvalue weighted by atomic mass is 9.83. The van der Waals surface area contributed by atoms with Gasteiger partial charge in [0.1, 0.15) is 5.60 Å². The first-order valence-corrected chi connectivity index (χ1v) is 16.2. The standard InChI is InChI=1S/C36H47N3O4/c1-35(2,3)43-34(42)36(22-23-36)21-9-10-24-37-33(41)32(28-13-7-8-14-28)29-17-15-26(16-18-29)25-39-31(40)20-19-30(38-39)27-11-5-4-6-12-27/h4-5,11,15-20,28,32H,6-10,12-14,21-25H2,1-3H3,(H,37,41). The van der Waals surface area contributed by atoms with Gasteiger partial charge in [-0.3, -0.25) is 14.4 Å². The van der Waals surface area contributed by atoms with Crippen molar-refractivity contribution in [2.45, 2.75) is 109 Å². The molecule has 2 fully saturated rings. The number of aromatic nitrogens is 2. The fraction of sp³-hybridized carbons (Fsp3) is 0.556. The summed E-state index contributed by atoms with van der Waals surface area (Å²) in [6, 6.07) is 11.6. The summed E-state index contributed by atoms with van der Waals surface area (Å²) >= 11 is 0. The molecule has 43 heavy (non-hydrogen) atoms. The Morgan fingerprint density at radius 1 is 1.07 bits per heavy atom. The van der Waals surface area contributed by atoms with E-state index in [1.807, 2.05) is 45.0 Å². The number of carbonyl (C=O) groups excluding carboxylic acids is 2. The van der Waals surface area contributed by atoms with Gasteiger partial charge in [0.15, 0.2) is 0 Å². The van der Waals surface area contributed by atoms with Gasteiger partial charge in [-0.15, -0.1) is 0 Å². The number of nitrogens with zero attached hydrogens (tertiary/aromatic N) is 2. The Hall–Kier alpha value is -3.48.